The number of nitrogens with two attached hydrogens (primary N) is 1. The summed E-state index contributed by atoms with van der Waals surface area (Å²) in [5.74, 6) is 0.556. The minimum absolute atomic E-state index is 0.185. The van der Waals surface area contributed by atoms with Crippen molar-refractivity contribution < 1.29 is 0 Å². The van der Waals surface area contributed by atoms with E-state index >= 15 is 0 Å². The molecule has 1 aromatic rings. The van der Waals surface area contributed by atoms with E-state index in [1.54, 1.807) is 11.3 Å². The molecule has 68 valence electrons. The molecule has 1 rings (SSSR count). The molecule has 2 N–H and O–H groups in total. The van der Waals surface area contributed by atoms with Crippen molar-refractivity contribution >= 4 is 27.3 Å². The lowest BCUT2D eigenvalue weighted by atomic mass is 9.99. The Balaban J connectivity index is 2.77. The Labute approximate surface area is 86.1 Å². The Bertz CT molecular complexity index is 246. The van der Waals surface area contributed by atoms with Gasteiger partial charge in [0.15, 0.2) is 0 Å². The molecule has 0 aliphatic carbocycles. The van der Waals surface area contributed by atoms with Crippen LogP contribution in [0.2, 0.25) is 0 Å². The molecule has 0 radical (unpaired) electrons. The molecule has 1 aromatic heterocycles. The summed E-state index contributed by atoms with van der Waals surface area (Å²) in [6.07, 6.45) is 1.13. The Morgan fingerprint density at radius 1 is 1.67 bits per heavy atom. The lowest BCUT2D eigenvalue weighted by molar-refractivity contribution is 0.461. The van der Waals surface area contributed by atoms with Crippen LogP contribution in [0.15, 0.2) is 15.9 Å². The SMILES string of the molecule is CCC(C)C(N)c1sccc1Br. The third-order valence-electron chi connectivity index (χ3n) is 2.20. The van der Waals surface area contributed by atoms with Gasteiger partial charge in [-0.25, -0.2) is 0 Å². The number of rotatable bonds is 3. The van der Waals surface area contributed by atoms with E-state index in [1.165, 1.54) is 4.88 Å². The van der Waals surface area contributed by atoms with Crippen molar-refractivity contribution in [1.82, 2.24) is 0 Å². The second kappa shape index (κ2) is 4.40. The Morgan fingerprint density at radius 2 is 2.33 bits per heavy atom. The van der Waals surface area contributed by atoms with Crippen molar-refractivity contribution in [3.8, 4) is 0 Å². The molecule has 2 unspecified atom stereocenters. The molecule has 3 heteroatoms. The summed E-state index contributed by atoms with van der Waals surface area (Å²) < 4.78 is 1.15. The highest BCUT2D eigenvalue weighted by atomic mass is 79.9. The fourth-order valence-electron chi connectivity index (χ4n) is 1.06. The maximum absolute atomic E-state index is 6.07. The van der Waals surface area contributed by atoms with Gasteiger partial charge in [-0.3, -0.25) is 0 Å². The molecule has 0 aliphatic rings. The summed E-state index contributed by atoms with van der Waals surface area (Å²) in [5.41, 5.74) is 6.07. The van der Waals surface area contributed by atoms with Crippen molar-refractivity contribution in [3.63, 3.8) is 0 Å². The lowest BCUT2D eigenvalue weighted by Gasteiger charge is -2.17. The smallest absolute Gasteiger partial charge is 0.0427 e. The van der Waals surface area contributed by atoms with Crippen molar-refractivity contribution in [1.29, 1.82) is 0 Å². The summed E-state index contributed by atoms with van der Waals surface area (Å²) in [4.78, 5) is 1.27. The van der Waals surface area contributed by atoms with Crippen molar-refractivity contribution in [2.45, 2.75) is 26.3 Å². The first kappa shape index (κ1) is 10.2. The van der Waals surface area contributed by atoms with Gasteiger partial charge in [-0.2, -0.15) is 0 Å². The highest BCUT2D eigenvalue weighted by Crippen LogP contribution is 2.32. The highest BCUT2D eigenvalue weighted by Gasteiger charge is 2.16. The molecule has 0 spiro atoms. The van der Waals surface area contributed by atoms with Crippen LogP contribution in [-0.4, -0.2) is 0 Å². The van der Waals surface area contributed by atoms with E-state index in [9.17, 15) is 0 Å². The predicted molar refractivity (Wildman–Crippen MR) is 58.4 cm³/mol. The van der Waals surface area contributed by atoms with Crippen molar-refractivity contribution in [2.75, 3.05) is 0 Å². The van der Waals surface area contributed by atoms with Gasteiger partial charge >= 0.3 is 0 Å². The normalized spacial score (nSPS) is 16.0. The molecule has 1 heterocycles. The van der Waals surface area contributed by atoms with Gasteiger partial charge in [-0.05, 0) is 33.3 Å². The van der Waals surface area contributed by atoms with E-state index in [4.69, 9.17) is 5.73 Å². The molecule has 0 fully saturated rings. The van der Waals surface area contributed by atoms with E-state index in [0.29, 0.717) is 5.92 Å². The second-order valence-electron chi connectivity index (χ2n) is 3.04. The molecule has 0 saturated carbocycles. The number of hydrogen-bond acceptors (Lipinski definition) is 2. The van der Waals surface area contributed by atoms with Gasteiger partial charge < -0.3 is 5.73 Å². The van der Waals surface area contributed by atoms with Crippen LogP contribution in [0.3, 0.4) is 0 Å². The van der Waals surface area contributed by atoms with Gasteiger partial charge in [0.2, 0.25) is 0 Å². The van der Waals surface area contributed by atoms with Crippen LogP contribution in [0.1, 0.15) is 31.2 Å². The Kier molecular flexibility index (Phi) is 3.75. The largest absolute Gasteiger partial charge is 0.323 e. The second-order valence-corrected chi connectivity index (χ2v) is 4.85. The Morgan fingerprint density at radius 3 is 2.75 bits per heavy atom. The van der Waals surface area contributed by atoms with E-state index < -0.39 is 0 Å². The summed E-state index contributed by atoms with van der Waals surface area (Å²) in [5, 5.41) is 2.07. The van der Waals surface area contributed by atoms with E-state index in [2.05, 4.69) is 41.2 Å². The summed E-state index contributed by atoms with van der Waals surface area (Å²) in [6.45, 7) is 4.36. The first-order valence-corrected chi connectivity index (χ1v) is 5.82. The van der Waals surface area contributed by atoms with Crippen LogP contribution < -0.4 is 5.73 Å². The predicted octanol–water partition coefficient (Wildman–Crippen LogP) is 3.56. The van der Waals surface area contributed by atoms with Crippen LogP contribution >= 0.6 is 27.3 Å². The van der Waals surface area contributed by atoms with Gasteiger partial charge in [0, 0.05) is 15.4 Å². The summed E-state index contributed by atoms with van der Waals surface area (Å²) >= 11 is 5.22. The van der Waals surface area contributed by atoms with Crippen molar-refractivity contribution in [2.24, 2.45) is 11.7 Å². The maximum Gasteiger partial charge on any atom is 0.0427 e. The quantitative estimate of drug-likeness (QED) is 0.869. The third kappa shape index (κ3) is 2.09. The van der Waals surface area contributed by atoms with Gasteiger partial charge in [0.25, 0.3) is 0 Å². The molecular formula is C9H14BrNS. The molecular weight excluding hydrogens is 234 g/mol. The third-order valence-corrected chi connectivity index (χ3v) is 4.18. The van der Waals surface area contributed by atoms with Gasteiger partial charge in [0.1, 0.15) is 0 Å². The fourth-order valence-corrected chi connectivity index (χ4v) is 2.83. The molecule has 0 bridgehead atoms. The zero-order valence-corrected chi connectivity index (χ0v) is 9.78. The van der Waals surface area contributed by atoms with Gasteiger partial charge in [0.05, 0.1) is 0 Å². The molecule has 0 amide bonds. The summed E-state index contributed by atoms with van der Waals surface area (Å²) in [7, 11) is 0. The van der Waals surface area contributed by atoms with Crippen LogP contribution in [0.25, 0.3) is 0 Å². The topological polar surface area (TPSA) is 26.0 Å². The molecule has 0 aromatic carbocycles. The number of thiophene rings is 1. The standard InChI is InChI=1S/C9H14BrNS/c1-3-6(2)8(11)9-7(10)4-5-12-9/h4-6,8H,3,11H2,1-2H3. The molecule has 0 saturated heterocycles. The summed E-state index contributed by atoms with van der Waals surface area (Å²) in [6, 6.07) is 2.24. The van der Waals surface area contributed by atoms with Crippen LogP contribution in [0.4, 0.5) is 0 Å². The Hall–Kier alpha value is 0.140. The number of hydrogen-bond donors (Lipinski definition) is 1. The molecule has 0 aliphatic heterocycles. The van der Waals surface area contributed by atoms with E-state index in [0.717, 1.165) is 10.9 Å². The maximum atomic E-state index is 6.07. The van der Waals surface area contributed by atoms with E-state index in [1.807, 2.05) is 0 Å². The molecule has 12 heavy (non-hydrogen) atoms. The lowest BCUT2D eigenvalue weighted by Crippen LogP contribution is -2.17. The zero-order valence-electron chi connectivity index (χ0n) is 7.38. The number of halogens is 1. The monoisotopic (exact) mass is 247 g/mol. The fraction of sp³-hybridized carbons (Fsp3) is 0.556. The highest BCUT2D eigenvalue weighted by molar-refractivity contribution is 9.10. The first-order chi connectivity index (χ1) is 5.66. The van der Waals surface area contributed by atoms with Gasteiger partial charge in [-0.1, -0.05) is 20.3 Å². The molecule has 1 nitrogen and oxygen atoms in total. The zero-order chi connectivity index (χ0) is 9.14. The van der Waals surface area contributed by atoms with Crippen molar-refractivity contribution in [3.05, 3.63) is 20.8 Å². The van der Waals surface area contributed by atoms with Gasteiger partial charge in [-0.15, -0.1) is 11.3 Å². The van der Waals surface area contributed by atoms with Crippen LogP contribution in [-0.2, 0) is 0 Å². The van der Waals surface area contributed by atoms with E-state index in [-0.39, 0.29) is 6.04 Å². The van der Waals surface area contributed by atoms with Crippen LogP contribution in [0.5, 0.6) is 0 Å². The average Bonchev–Trinajstić information content (AvgIpc) is 2.48. The van der Waals surface area contributed by atoms with Crippen LogP contribution in [0, 0.1) is 5.92 Å². The molecule has 2 atom stereocenters. The first-order valence-electron chi connectivity index (χ1n) is 4.15. The minimum Gasteiger partial charge on any atom is -0.323 e. The minimum atomic E-state index is 0.185. The average molecular weight is 248 g/mol.